The number of amides is 1. The first-order valence-corrected chi connectivity index (χ1v) is 6.17. The normalized spacial score (nSPS) is 29.8. The molecule has 0 aromatic heterocycles. The van der Waals surface area contributed by atoms with Crippen LogP contribution < -0.4 is 5.32 Å². The molecular formula is C12H22F2N2O. The van der Waals surface area contributed by atoms with Gasteiger partial charge in [-0.05, 0) is 25.7 Å². The number of carbonyl (C=O) groups excluding carboxylic acids is 1. The van der Waals surface area contributed by atoms with Gasteiger partial charge in [-0.25, -0.2) is 8.78 Å². The van der Waals surface area contributed by atoms with E-state index >= 15 is 0 Å². The summed E-state index contributed by atoms with van der Waals surface area (Å²) in [4.78, 5) is 13.4. The van der Waals surface area contributed by atoms with E-state index in [-0.39, 0.29) is 12.1 Å². The lowest BCUT2D eigenvalue weighted by molar-refractivity contribution is -0.134. The van der Waals surface area contributed by atoms with Crippen molar-refractivity contribution in [1.29, 1.82) is 0 Å². The van der Waals surface area contributed by atoms with Gasteiger partial charge in [-0.15, -0.1) is 0 Å². The van der Waals surface area contributed by atoms with Gasteiger partial charge in [-0.3, -0.25) is 10.1 Å². The molecule has 0 aromatic rings. The standard InChI is InChI=1S/C12H22F2N2O/c1-5-12(4)11(17)16(7-9(13)14)10(15-12)6-8(2)3/h8-10,15H,5-7H2,1-4H3. The van der Waals surface area contributed by atoms with Crippen molar-refractivity contribution >= 4 is 5.91 Å². The first-order valence-electron chi connectivity index (χ1n) is 6.17. The first-order chi connectivity index (χ1) is 7.80. The van der Waals surface area contributed by atoms with E-state index in [1.165, 1.54) is 4.90 Å². The van der Waals surface area contributed by atoms with E-state index in [0.717, 1.165) is 0 Å². The Morgan fingerprint density at radius 2 is 2.06 bits per heavy atom. The Labute approximate surface area is 102 Å². The summed E-state index contributed by atoms with van der Waals surface area (Å²) in [5.41, 5.74) is -0.686. The average molecular weight is 248 g/mol. The van der Waals surface area contributed by atoms with Crippen molar-refractivity contribution < 1.29 is 13.6 Å². The first kappa shape index (κ1) is 14.4. The molecule has 5 heteroatoms. The molecule has 100 valence electrons. The number of alkyl halides is 2. The monoisotopic (exact) mass is 248 g/mol. The molecule has 0 saturated carbocycles. The lowest BCUT2D eigenvalue weighted by Gasteiger charge is -2.25. The van der Waals surface area contributed by atoms with Crippen LogP contribution in [0.5, 0.6) is 0 Å². The van der Waals surface area contributed by atoms with Gasteiger partial charge in [0, 0.05) is 0 Å². The summed E-state index contributed by atoms with van der Waals surface area (Å²) in [5, 5.41) is 3.20. The van der Waals surface area contributed by atoms with Crippen molar-refractivity contribution in [1.82, 2.24) is 10.2 Å². The lowest BCUT2D eigenvalue weighted by Crippen LogP contribution is -2.44. The summed E-state index contributed by atoms with van der Waals surface area (Å²) in [7, 11) is 0. The van der Waals surface area contributed by atoms with Crippen LogP contribution in [-0.4, -0.2) is 35.5 Å². The van der Waals surface area contributed by atoms with Crippen LogP contribution in [-0.2, 0) is 4.79 Å². The van der Waals surface area contributed by atoms with E-state index in [4.69, 9.17) is 0 Å². The molecule has 0 radical (unpaired) electrons. The van der Waals surface area contributed by atoms with E-state index in [9.17, 15) is 13.6 Å². The van der Waals surface area contributed by atoms with Crippen LogP contribution in [0.4, 0.5) is 8.78 Å². The van der Waals surface area contributed by atoms with Crippen molar-refractivity contribution in [2.45, 2.75) is 58.7 Å². The van der Waals surface area contributed by atoms with Crippen LogP contribution in [0.25, 0.3) is 0 Å². The summed E-state index contributed by atoms with van der Waals surface area (Å²) in [5.74, 6) is 0.158. The van der Waals surface area contributed by atoms with Crippen LogP contribution in [0.2, 0.25) is 0 Å². The molecule has 0 spiro atoms. The van der Waals surface area contributed by atoms with Crippen molar-refractivity contribution in [3.8, 4) is 0 Å². The number of carbonyl (C=O) groups is 1. The van der Waals surface area contributed by atoms with Gasteiger partial charge >= 0.3 is 0 Å². The van der Waals surface area contributed by atoms with Gasteiger partial charge in [0.05, 0.1) is 18.2 Å². The Hall–Kier alpha value is -0.710. The van der Waals surface area contributed by atoms with E-state index in [0.29, 0.717) is 18.8 Å². The highest BCUT2D eigenvalue weighted by Crippen LogP contribution is 2.27. The third kappa shape index (κ3) is 3.15. The molecule has 1 aliphatic heterocycles. The third-order valence-electron chi connectivity index (χ3n) is 3.33. The second kappa shape index (κ2) is 5.29. The molecule has 2 atom stereocenters. The maximum absolute atomic E-state index is 12.5. The topological polar surface area (TPSA) is 32.3 Å². The number of nitrogens with zero attached hydrogens (tertiary/aromatic N) is 1. The van der Waals surface area contributed by atoms with Gasteiger partial charge in [-0.1, -0.05) is 20.8 Å². The zero-order valence-corrected chi connectivity index (χ0v) is 11.0. The predicted molar refractivity (Wildman–Crippen MR) is 62.8 cm³/mol. The summed E-state index contributed by atoms with van der Waals surface area (Å²) in [6, 6.07) is 0. The molecule has 0 aromatic carbocycles. The van der Waals surface area contributed by atoms with Crippen LogP contribution in [0.15, 0.2) is 0 Å². The Balaban J connectivity index is 2.83. The minimum absolute atomic E-state index is 0.203. The Morgan fingerprint density at radius 3 is 2.47 bits per heavy atom. The average Bonchev–Trinajstić information content (AvgIpc) is 2.42. The van der Waals surface area contributed by atoms with Gasteiger partial charge in [0.25, 0.3) is 6.43 Å². The molecule has 1 amide bonds. The molecule has 1 rings (SSSR count). The second-order valence-corrected chi connectivity index (χ2v) is 5.32. The molecular weight excluding hydrogens is 226 g/mol. The molecule has 2 unspecified atom stereocenters. The number of rotatable bonds is 5. The Morgan fingerprint density at radius 1 is 1.47 bits per heavy atom. The van der Waals surface area contributed by atoms with E-state index in [1.807, 2.05) is 20.8 Å². The van der Waals surface area contributed by atoms with Crippen LogP contribution in [0, 0.1) is 5.92 Å². The Bertz CT molecular complexity index is 284. The molecule has 17 heavy (non-hydrogen) atoms. The highest BCUT2D eigenvalue weighted by molar-refractivity contribution is 5.88. The van der Waals surface area contributed by atoms with E-state index in [1.54, 1.807) is 6.92 Å². The van der Waals surface area contributed by atoms with Crippen LogP contribution in [0.3, 0.4) is 0 Å². The molecule has 1 fully saturated rings. The minimum atomic E-state index is -2.48. The van der Waals surface area contributed by atoms with Crippen LogP contribution >= 0.6 is 0 Å². The number of nitrogens with one attached hydrogen (secondary N) is 1. The highest BCUT2D eigenvalue weighted by atomic mass is 19.3. The number of hydrogen-bond donors (Lipinski definition) is 1. The SMILES string of the molecule is CCC1(C)NC(CC(C)C)N(CC(F)F)C1=O. The summed E-state index contributed by atoms with van der Waals surface area (Å²) >= 11 is 0. The zero-order chi connectivity index (χ0) is 13.2. The van der Waals surface area contributed by atoms with Crippen molar-refractivity contribution in [2.75, 3.05) is 6.54 Å². The van der Waals surface area contributed by atoms with Gasteiger partial charge in [0.15, 0.2) is 0 Å². The zero-order valence-electron chi connectivity index (χ0n) is 11.0. The summed E-state index contributed by atoms with van der Waals surface area (Å²) < 4.78 is 25.0. The molecule has 1 heterocycles. The molecule has 3 nitrogen and oxygen atoms in total. The molecule has 1 saturated heterocycles. The van der Waals surface area contributed by atoms with E-state index < -0.39 is 18.5 Å². The fourth-order valence-corrected chi connectivity index (χ4v) is 2.21. The smallest absolute Gasteiger partial charge is 0.255 e. The maximum Gasteiger partial charge on any atom is 0.255 e. The van der Waals surface area contributed by atoms with Crippen molar-refractivity contribution in [3.05, 3.63) is 0 Å². The fourth-order valence-electron chi connectivity index (χ4n) is 2.21. The number of halogens is 2. The summed E-state index contributed by atoms with van der Waals surface area (Å²) in [6.07, 6.45) is -1.43. The van der Waals surface area contributed by atoms with Gasteiger partial charge < -0.3 is 4.90 Å². The fraction of sp³-hybridized carbons (Fsp3) is 0.917. The van der Waals surface area contributed by atoms with Crippen molar-refractivity contribution in [3.63, 3.8) is 0 Å². The largest absolute Gasteiger partial charge is 0.320 e. The van der Waals surface area contributed by atoms with Gasteiger partial charge in [-0.2, -0.15) is 0 Å². The molecule has 0 bridgehead atoms. The third-order valence-corrected chi connectivity index (χ3v) is 3.33. The lowest BCUT2D eigenvalue weighted by atomic mass is 9.99. The minimum Gasteiger partial charge on any atom is -0.320 e. The Kier molecular flexibility index (Phi) is 4.47. The van der Waals surface area contributed by atoms with Crippen molar-refractivity contribution in [2.24, 2.45) is 5.92 Å². The quantitative estimate of drug-likeness (QED) is 0.809. The summed E-state index contributed by atoms with van der Waals surface area (Å²) in [6.45, 7) is 7.25. The van der Waals surface area contributed by atoms with Gasteiger partial charge in [0.2, 0.25) is 5.91 Å². The highest BCUT2D eigenvalue weighted by Gasteiger charge is 2.47. The molecule has 1 N–H and O–H groups in total. The second-order valence-electron chi connectivity index (χ2n) is 5.32. The molecule has 0 aliphatic carbocycles. The van der Waals surface area contributed by atoms with Crippen LogP contribution in [0.1, 0.15) is 40.5 Å². The predicted octanol–water partition coefficient (Wildman–Crippen LogP) is 2.22. The maximum atomic E-state index is 12.5. The van der Waals surface area contributed by atoms with E-state index in [2.05, 4.69) is 5.32 Å². The van der Waals surface area contributed by atoms with Gasteiger partial charge in [0.1, 0.15) is 0 Å². The molecule has 1 aliphatic rings. The number of hydrogen-bond acceptors (Lipinski definition) is 2.